The van der Waals surface area contributed by atoms with Gasteiger partial charge in [-0.05, 0) is 142 Å². The first kappa shape index (κ1) is 40.0. The highest BCUT2D eigenvalue weighted by Crippen LogP contribution is 2.43. The predicted octanol–water partition coefficient (Wildman–Crippen LogP) is 7.24. The molecule has 0 radical (unpaired) electrons. The molecule has 0 bridgehead atoms. The Bertz CT molecular complexity index is 1240. The number of hydrogen-bond donors (Lipinski definition) is 0. The molecule has 1 aromatic heterocycles. The number of hydrogen-bond acceptors (Lipinski definition) is 10. The standard InChI is InChI=1S/C39H75N9O/c1-19-20-21-47(30-26-36(6,7)46(17)37(8,9)27-30)33-41-31(43(14)28-22-34(2,3)45(16)35(4,5)23-28)40-32(42-33)44(15)29-24-38(10,11)48(49-18)39(12,13)25-29/h28-30H,19-27H2,1-18H3. The van der Waals surface area contributed by atoms with E-state index in [1.54, 1.807) is 7.11 Å². The number of rotatable bonds is 10. The van der Waals surface area contributed by atoms with Gasteiger partial charge in [0.25, 0.3) is 0 Å². The predicted molar refractivity (Wildman–Crippen MR) is 207 cm³/mol. The topological polar surface area (TPSA) is 67.3 Å². The van der Waals surface area contributed by atoms with Crippen molar-refractivity contribution in [2.75, 3.05) is 56.5 Å². The smallest absolute Gasteiger partial charge is 0.232 e. The highest BCUT2D eigenvalue weighted by molar-refractivity contribution is 5.48. The zero-order valence-electron chi connectivity index (χ0n) is 35.0. The largest absolute Gasteiger partial charge is 0.341 e. The molecule has 4 heterocycles. The van der Waals surface area contributed by atoms with E-state index in [2.05, 4.69) is 148 Å². The van der Waals surface area contributed by atoms with Crippen LogP contribution in [0.25, 0.3) is 0 Å². The van der Waals surface area contributed by atoms with Gasteiger partial charge in [-0.2, -0.15) is 20.0 Å². The molecule has 3 saturated heterocycles. The summed E-state index contributed by atoms with van der Waals surface area (Å²) in [6, 6.07) is 0.884. The maximum atomic E-state index is 5.96. The average molecular weight is 686 g/mol. The molecule has 0 aromatic carbocycles. The molecule has 0 amide bonds. The van der Waals surface area contributed by atoms with Gasteiger partial charge < -0.3 is 19.5 Å². The number of likely N-dealkylation sites (tertiary alicyclic amines) is 2. The van der Waals surface area contributed by atoms with Crippen LogP contribution in [0.4, 0.5) is 17.8 Å². The summed E-state index contributed by atoms with van der Waals surface area (Å²) in [7, 11) is 10.8. The lowest BCUT2D eigenvalue weighted by atomic mass is 9.77. The monoisotopic (exact) mass is 686 g/mol. The summed E-state index contributed by atoms with van der Waals surface area (Å²) in [6.45, 7) is 31.4. The van der Waals surface area contributed by atoms with Crippen LogP contribution in [0.5, 0.6) is 0 Å². The summed E-state index contributed by atoms with van der Waals surface area (Å²) in [5.74, 6) is 2.38. The average Bonchev–Trinajstić information content (AvgIpc) is 2.96. The highest BCUT2D eigenvalue weighted by Gasteiger charge is 2.49. The van der Waals surface area contributed by atoms with E-state index in [-0.39, 0.29) is 39.3 Å². The summed E-state index contributed by atoms with van der Waals surface area (Å²) >= 11 is 0. The second-order valence-electron chi connectivity index (χ2n) is 19.7. The van der Waals surface area contributed by atoms with Crippen LogP contribution in [-0.2, 0) is 4.84 Å². The number of nitrogens with zero attached hydrogens (tertiary/aromatic N) is 9. The third-order valence-electron chi connectivity index (χ3n) is 13.1. The van der Waals surface area contributed by atoms with Crippen LogP contribution in [-0.4, -0.2) is 123 Å². The van der Waals surface area contributed by atoms with Crippen molar-refractivity contribution in [2.45, 2.75) is 193 Å². The van der Waals surface area contributed by atoms with Crippen molar-refractivity contribution in [1.82, 2.24) is 29.8 Å². The van der Waals surface area contributed by atoms with Gasteiger partial charge in [-0.25, -0.2) is 0 Å². The zero-order valence-corrected chi connectivity index (χ0v) is 35.0. The van der Waals surface area contributed by atoms with Crippen molar-refractivity contribution >= 4 is 17.8 Å². The first-order valence-electron chi connectivity index (χ1n) is 19.1. The maximum Gasteiger partial charge on any atom is 0.232 e. The van der Waals surface area contributed by atoms with Crippen LogP contribution in [0.3, 0.4) is 0 Å². The normalized spacial score (nSPS) is 26.1. The third kappa shape index (κ3) is 8.02. The molecule has 0 saturated carbocycles. The molecule has 3 aliphatic rings. The van der Waals surface area contributed by atoms with Gasteiger partial charge in [-0.3, -0.25) is 9.80 Å². The van der Waals surface area contributed by atoms with Crippen molar-refractivity contribution in [3.05, 3.63) is 0 Å². The van der Waals surface area contributed by atoms with Gasteiger partial charge in [0.2, 0.25) is 17.8 Å². The molecule has 3 fully saturated rings. The molecule has 49 heavy (non-hydrogen) atoms. The fourth-order valence-electron chi connectivity index (χ4n) is 10.00. The molecule has 282 valence electrons. The number of anilines is 3. The lowest BCUT2D eigenvalue weighted by molar-refractivity contribution is -0.266. The quantitative estimate of drug-likeness (QED) is 0.252. The Morgan fingerprint density at radius 2 is 0.898 bits per heavy atom. The molecule has 0 spiro atoms. The molecule has 0 N–H and O–H groups in total. The molecule has 4 rings (SSSR count). The summed E-state index contributed by atoms with van der Waals surface area (Å²) in [6.07, 6.45) is 8.34. The Labute approximate surface area is 301 Å². The summed E-state index contributed by atoms with van der Waals surface area (Å²) in [5.41, 5.74) is -0.0622. The van der Waals surface area contributed by atoms with Crippen LogP contribution in [0.2, 0.25) is 0 Å². The van der Waals surface area contributed by atoms with Gasteiger partial charge in [-0.15, -0.1) is 0 Å². The Kier molecular flexibility index (Phi) is 11.2. The molecule has 0 unspecified atom stereocenters. The Morgan fingerprint density at radius 3 is 1.24 bits per heavy atom. The van der Waals surface area contributed by atoms with Crippen molar-refractivity contribution in [1.29, 1.82) is 0 Å². The van der Waals surface area contributed by atoms with Crippen LogP contribution >= 0.6 is 0 Å². The van der Waals surface area contributed by atoms with E-state index in [9.17, 15) is 0 Å². The van der Waals surface area contributed by atoms with Gasteiger partial charge in [0.15, 0.2) is 0 Å². The van der Waals surface area contributed by atoms with Crippen molar-refractivity contribution in [3.8, 4) is 0 Å². The summed E-state index contributed by atoms with van der Waals surface area (Å²) in [4.78, 5) is 34.6. The maximum absolute atomic E-state index is 5.96. The summed E-state index contributed by atoms with van der Waals surface area (Å²) in [5, 5.41) is 2.18. The van der Waals surface area contributed by atoms with Gasteiger partial charge in [0.1, 0.15) is 0 Å². The fraction of sp³-hybridized carbons (Fsp3) is 0.923. The number of unbranched alkanes of at least 4 members (excludes halogenated alkanes) is 1. The van der Waals surface area contributed by atoms with Gasteiger partial charge in [0, 0.05) is 72.0 Å². The number of piperidine rings is 3. The lowest BCUT2D eigenvalue weighted by Gasteiger charge is -2.56. The van der Waals surface area contributed by atoms with Crippen LogP contribution in [0.15, 0.2) is 0 Å². The van der Waals surface area contributed by atoms with E-state index in [0.717, 1.165) is 75.8 Å². The molecule has 10 nitrogen and oxygen atoms in total. The molecule has 3 aliphatic heterocycles. The third-order valence-corrected chi connectivity index (χ3v) is 13.1. The Balaban J connectivity index is 1.84. The lowest BCUT2D eigenvalue weighted by Crippen LogP contribution is -2.63. The zero-order chi connectivity index (χ0) is 37.1. The molecular formula is C39H75N9O. The molecule has 0 aliphatic carbocycles. The van der Waals surface area contributed by atoms with Gasteiger partial charge in [0.05, 0.1) is 7.11 Å². The van der Waals surface area contributed by atoms with E-state index in [4.69, 9.17) is 19.8 Å². The van der Waals surface area contributed by atoms with Crippen LogP contribution < -0.4 is 14.7 Å². The fourth-order valence-corrected chi connectivity index (χ4v) is 10.00. The van der Waals surface area contributed by atoms with Crippen molar-refractivity contribution in [3.63, 3.8) is 0 Å². The van der Waals surface area contributed by atoms with Crippen molar-refractivity contribution in [2.24, 2.45) is 0 Å². The Morgan fingerprint density at radius 1 is 0.571 bits per heavy atom. The molecular weight excluding hydrogens is 610 g/mol. The van der Waals surface area contributed by atoms with E-state index >= 15 is 0 Å². The minimum Gasteiger partial charge on any atom is -0.341 e. The number of hydroxylamine groups is 2. The highest BCUT2D eigenvalue weighted by atomic mass is 16.7. The number of aromatic nitrogens is 3. The second-order valence-corrected chi connectivity index (χ2v) is 19.7. The van der Waals surface area contributed by atoms with Crippen LogP contribution in [0.1, 0.15) is 141 Å². The Hall–Kier alpha value is -1.75. The summed E-state index contributed by atoms with van der Waals surface area (Å²) < 4.78 is 0. The minimum absolute atomic E-state index is 0.0565. The van der Waals surface area contributed by atoms with E-state index in [1.807, 2.05) is 0 Å². The second kappa shape index (κ2) is 13.7. The molecule has 10 heteroatoms. The van der Waals surface area contributed by atoms with Crippen LogP contribution in [0, 0.1) is 0 Å². The first-order chi connectivity index (χ1) is 22.3. The first-order valence-corrected chi connectivity index (χ1v) is 19.1. The van der Waals surface area contributed by atoms with E-state index in [0.29, 0.717) is 12.1 Å². The SMILES string of the molecule is CCCCN(c1nc(N(C)C2CC(C)(C)N(C)C(C)(C)C2)nc(N(C)C2CC(C)(C)N(OC)C(C)(C)C2)n1)C1CC(C)(C)N(C)C(C)(C)C1. The molecule has 1 aromatic rings. The minimum atomic E-state index is -0.144. The molecule has 0 atom stereocenters. The van der Waals surface area contributed by atoms with E-state index in [1.165, 1.54) is 0 Å². The van der Waals surface area contributed by atoms with E-state index < -0.39 is 0 Å². The van der Waals surface area contributed by atoms with Crippen molar-refractivity contribution < 1.29 is 4.84 Å². The van der Waals surface area contributed by atoms with Gasteiger partial charge in [-0.1, -0.05) is 13.3 Å². The van der Waals surface area contributed by atoms with Gasteiger partial charge >= 0.3 is 0 Å².